The van der Waals surface area contributed by atoms with Gasteiger partial charge in [0.05, 0.1) is 12.7 Å². The number of ether oxygens (including phenoxy) is 3. The van der Waals surface area contributed by atoms with Gasteiger partial charge in [-0.1, -0.05) is 19.1 Å². The molecule has 1 N–H and O–H groups in total. The van der Waals surface area contributed by atoms with Crippen molar-refractivity contribution in [2.75, 3.05) is 13.4 Å². The molecule has 2 aliphatic heterocycles. The summed E-state index contributed by atoms with van der Waals surface area (Å²) in [5.74, 6) is 3.62. The number of hydrogen-bond acceptors (Lipinski definition) is 4. The first kappa shape index (κ1) is 14.9. The van der Waals surface area contributed by atoms with Gasteiger partial charge in [-0.05, 0) is 59.1 Å². The van der Waals surface area contributed by atoms with Gasteiger partial charge in [0.15, 0.2) is 11.5 Å². The number of hydrogen-bond donors (Lipinski definition) is 1. The zero-order chi connectivity index (χ0) is 17.4. The first-order valence-corrected chi connectivity index (χ1v) is 9.58. The minimum Gasteiger partial charge on any atom is -0.493 e. The molecule has 26 heavy (non-hydrogen) atoms. The van der Waals surface area contributed by atoms with Gasteiger partial charge in [-0.3, -0.25) is 0 Å². The first-order chi connectivity index (χ1) is 12.7. The summed E-state index contributed by atoms with van der Waals surface area (Å²) in [7, 11) is 0. The molecule has 0 saturated carbocycles. The Bertz CT molecular complexity index is 917. The Kier molecular flexibility index (Phi) is 2.96. The van der Waals surface area contributed by atoms with Crippen LogP contribution in [0.15, 0.2) is 24.3 Å². The Morgan fingerprint density at radius 1 is 0.923 bits per heavy atom. The molecule has 2 aliphatic carbocycles. The van der Waals surface area contributed by atoms with E-state index in [4.69, 9.17) is 14.2 Å². The van der Waals surface area contributed by atoms with Crippen LogP contribution in [0.5, 0.6) is 17.2 Å². The zero-order valence-electron chi connectivity index (χ0n) is 14.8. The van der Waals surface area contributed by atoms with Crippen LogP contribution in [0.1, 0.15) is 46.6 Å². The highest BCUT2D eigenvalue weighted by Crippen LogP contribution is 2.55. The molecule has 2 aromatic carbocycles. The van der Waals surface area contributed by atoms with Crippen LogP contribution in [0.4, 0.5) is 0 Å². The van der Waals surface area contributed by atoms with Gasteiger partial charge in [0.1, 0.15) is 5.75 Å². The number of benzene rings is 2. The summed E-state index contributed by atoms with van der Waals surface area (Å²) in [6.45, 7) is 3.37. The van der Waals surface area contributed by atoms with Crippen LogP contribution in [0.25, 0.3) is 0 Å². The van der Waals surface area contributed by atoms with E-state index in [9.17, 15) is 5.11 Å². The molecule has 0 aromatic heterocycles. The Morgan fingerprint density at radius 3 is 2.77 bits per heavy atom. The maximum atomic E-state index is 11.1. The molecule has 2 aromatic rings. The van der Waals surface area contributed by atoms with Crippen molar-refractivity contribution in [3.8, 4) is 17.2 Å². The fraction of sp³-hybridized carbons (Fsp3) is 0.455. The van der Waals surface area contributed by atoms with E-state index < -0.39 is 0 Å². The lowest BCUT2D eigenvalue weighted by Gasteiger charge is -2.45. The van der Waals surface area contributed by atoms with E-state index in [-0.39, 0.29) is 12.0 Å². The lowest BCUT2D eigenvalue weighted by molar-refractivity contribution is 0.102. The second-order valence-corrected chi connectivity index (χ2v) is 8.13. The van der Waals surface area contributed by atoms with E-state index in [1.54, 1.807) is 0 Å². The molecule has 0 radical (unpaired) electrons. The molecule has 2 heterocycles. The molecule has 0 fully saturated rings. The first-order valence-electron chi connectivity index (χ1n) is 9.58. The summed E-state index contributed by atoms with van der Waals surface area (Å²) in [4.78, 5) is 0. The van der Waals surface area contributed by atoms with Gasteiger partial charge in [0.2, 0.25) is 6.79 Å². The van der Waals surface area contributed by atoms with Gasteiger partial charge in [-0.2, -0.15) is 0 Å². The van der Waals surface area contributed by atoms with Crippen LogP contribution in [0.3, 0.4) is 0 Å². The van der Waals surface area contributed by atoms with Gasteiger partial charge in [0, 0.05) is 17.9 Å². The van der Waals surface area contributed by atoms with Crippen molar-refractivity contribution in [3.05, 3.63) is 52.1 Å². The minimum atomic E-state index is -0.366. The molecule has 4 atom stereocenters. The summed E-state index contributed by atoms with van der Waals surface area (Å²) >= 11 is 0. The van der Waals surface area contributed by atoms with E-state index in [0.717, 1.165) is 36.7 Å². The highest BCUT2D eigenvalue weighted by atomic mass is 16.7. The Labute approximate surface area is 152 Å². The fourth-order valence-corrected chi connectivity index (χ4v) is 5.64. The van der Waals surface area contributed by atoms with Crippen LogP contribution in [0.2, 0.25) is 0 Å². The van der Waals surface area contributed by atoms with E-state index >= 15 is 0 Å². The normalized spacial score (nSPS) is 30.1. The van der Waals surface area contributed by atoms with Crippen molar-refractivity contribution < 1.29 is 19.3 Å². The predicted octanol–water partition coefficient (Wildman–Crippen LogP) is 3.33. The standard InChI is InChI=1S/C22H22O4/c1-11-6-16-14(2-3-18-22(16)26-10-25-18)21-17(23)8-13-7-12-4-5-24-19(12)9-15(13)20(11)21/h2-3,7,9,11,17,20-21,23H,4-6,8,10H2,1H3. The van der Waals surface area contributed by atoms with E-state index in [1.165, 1.54) is 27.8 Å². The molecule has 134 valence electrons. The third-order valence-corrected chi connectivity index (χ3v) is 6.72. The van der Waals surface area contributed by atoms with Crippen LogP contribution in [-0.2, 0) is 19.3 Å². The topological polar surface area (TPSA) is 47.9 Å². The van der Waals surface area contributed by atoms with Crippen LogP contribution < -0.4 is 14.2 Å². The lowest BCUT2D eigenvalue weighted by Crippen LogP contribution is -2.39. The maximum absolute atomic E-state index is 11.1. The van der Waals surface area contributed by atoms with Crippen molar-refractivity contribution >= 4 is 0 Å². The monoisotopic (exact) mass is 350 g/mol. The third kappa shape index (κ3) is 1.88. The largest absolute Gasteiger partial charge is 0.493 e. The van der Waals surface area contributed by atoms with Crippen molar-refractivity contribution in [3.63, 3.8) is 0 Å². The maximum Gasteiger partial charge on any atom is 0.231 e. The number of aliphatic hydroxyl groups is 1. The molecule has 4 unspecified atom stereocenters. The van der Waals surface area contributed by atoms with Crippen LogP contribution in [0, 0.1) is 5.92 Å². The molecule has 4 heteroatoms. The SMILES string of the molecule is CC1Cc2c(ccc3c2OCO3)C2C(O)Cc3cc4c(cc3C12)OCC4. The van der Waals surface area contributed by atoms with Crippen LogP contribution >= 0.6 is 0 Å². The molecule has 0 spiro atoms. The number of aliphatic hydroxyl groups excluding tert-OH is 1. The van der Waals surface area contributed by atoms with Gasteiger partial charge >= 0.3 is 0 Å². The van der Waals surface area contributed by atoms with E-state index in [0.29, 0.717) is 25.0 Å². The molecule has 0 saturated heterocycles. The molecule has 0 amide bonds. The lowest BCUT2D eigenvalue weighted by atomic mass is 9.60. The van der Waals surface area contributed by atoms with Crippen LogP contribution in [-0.4, -0.2) is 24.6 Å². The molecule has 4 nitrogen and oxygen atoms in total. The average molecular weight is 350 g/mol. The zero-order valence-corrected chi connectivity index (χ0v) is 14.8. The average Bonchev–Trinajstić information content (AvgIpc) is 3.28. The van der Waals surface area contributed by atoms with Gasteiger partial charge in [0.25, 0.3) is 0 Å². The summed E-state index contributed by atoms with van der Waals surface area (Å²) in [6, 6.07) is 8.68. The fourth-order valence-electron chi connectivity index (χ4n) is 5.64. The quantitative estimate of drug-likeness (QED) is 0.792. The highest BCUT2D eigenvalue weighted by Gasteiger charge is 2.45. The van der Waals surface area contributed by atoms with Crippen molar-refractivity contribution in [2.45, 2.75) is 44.1 Å². The predicted molar refractivity (Wildman–Crippen MR) is 96.3 cm³/mol. The summed E-state index contributed by atoms with van der Waals surface area (Å²) in [5.41, 5.74) is 6.43. The Hall–Kier alpha value is -2.20. The van der Waals surface area contributed by atoms with Crippen molar-refractivity contribution in [1.29, 1.82) is 0 Å². The smallest absolute Gasteiger partial charge is 0.231 e. The minimum absolute atomic E-state index is 0.107. The Balaban J connectivity index is 1.53. The Morgan fingerprint density at radius 2 is 1.85 bits per heavy atom. The van der Waals surface area contributed by atoms with Gasteiger partial charge in [-0.25, -0.2) is 0 Å². The van der Waals surface area contributed by atoms with E-state index in [1.807, 2.05) is 6.07 Å². The van der Waals surface area contributed by atoms with E-state index in [2.05, 4.69) is 25.1 Å². The number of fused-ring (bicyclic) bond motifs is 8. The second kappa shape index (κ2) is 5.17. The molecule has 6 rings (SSSR count). The van der Waals surface area contributed by atoms with Crippen molar-refractivity contribution in [2.24, 2.45) is 5.92 Å². The molecular formula is C22H22O4. The summed E-state index contributed by atoms with van der Waals surface area (Å²) in [5, 5.41) is 11.1. The molecule has 0 bridgehead atoms. The highest BCUT2D eigenvalue weighted by molar-refractivity contribution is 5.58. The van der Waals surface area contributed by atoms with Crippen molar-refractivity contribution in [1.82, 2.24) is 0 Å². The van der Waals surface area contributed by atoms with Gasteiger partial charge < -0.3 is 19.3 Å². The van der Waals surface area contributed by atoms with Gasteiger partial charge in [-0.15, -0.1) is 0 Å². The number of rotatable bonds is 0. The molecule has 4 aliphatic rings. The second-order valence-electron chi connectivity index (χ2n) is 8.13. The third-order valence-electron chi connectivity index (χ3n) is 6.72. The summed E-state index contributed by atoms with van der Waals surface area (Å²) in [6.07, 6.45) is 2.28. The molecular weight excluding hydrogens is 328 g/mol. The summed E-state index contributed by atoms with van der Waals surface area (Å²) < 4.78 is 17.2.